The van der Waals surface area contributed by atoms with Crippen LogP contribution < -0.4 is 9.47 Å². The van der Waals surface area contributed by atoms with E-state index in [1.54, 1.807) is 0 Å². The minimum absolute atomic E-state index is 0.379. The molecule has 0 saturated heterocycles. The lowest BCUT2D eigenvalue weighted by molar-refractivity contribution is -0.492. The van der Waals surface area contributed by atoms with Crippen molar-refractivity contribution in [3.63, 3.8) is 0 Å². The van der Waals surface area contributed by atoms with Crippen molar-refractivity contribution in [2.45, 2.75) is 20.0 Å². The van der Waals surface area contributed by atoms with Crippen molar-refractivity contribution in [2.24, 2.45) is 0 Å². The SMILES string of the molecule is CC(=O)Oc1cc(C(O)C[N+](=O)[O-])c([N+](=O)[O-])cc1OC(C)=O. The van der Waals surface area contributed by atoms with Gasteiger partial charge in [-0.15, -0.1) is 0 Å². The molecular weight excluding hydrogens is 316 g/mol. The van der Waals surface area contributed by atoms with Crippen molar-refractivity contribution >= 4 is 17.6 Å². The molecule has 0 aliphatic heterocycles. The molecule has 0 spiro atoms. The summed E-state index contributed by atoms with van der Waals surface area (Å²) in [4.78, 5) is 41.8. The number of ether oxygens (including phenoxy) is 2. The van der Waals surface area contributed by atoms with Gasteiger partial charge in [0.25, 0.3) is 5.69 Å². The molecule has 0 aliphatic rings. The van der Waals surface area contributed by atoms with Crippen molar-refractivity contribution in [3.05, 3.63) is 37.9 Å². The summed E-state index contributed by atoms with van der Waals surface area (Å²) in [7, 11) is 0. The van der Waals surface area contributed by atoms with Crippen molar-refractivity contribution in [1.29, 1.82) is 0 Å². The number of benzene rings is 1. The van der Waals surface area contributed by atoms with Gasteiger partial charge in [-0.3, -0.25) is 29.8 Å². The molecule has 124 valence electrons. The molecule has 0 bridgehead atoms. The fourth-order valence-corrected chi connectivity index (χ4v) is 1.70. The van der Waals surface area contributed by atoms with Crippen LogP contribution in [0.15, 0.2) is 12.1 Å². The lowest BCUT2D eigenvalue weighted by Gasteiger charge is -2.13. The largest absolute Gasteiger partial charge is 0.423 e. The van der Waals surface area contributed by atoms with Crippen LogP contribution in [-0.2, 0) is 9.59 Å². The van der Waals surface area contributed by atoms with E-state index < -0.39 is 51.4 Å². The number of nitrogens with zero attached hydrogens (tertiary/aromatic N) is 2. The molecule has 0 aromatic heterocycles. The lowest BCUT2D eigenvalue weighted by atomic mass is 10.1. The zero-order valence-corrected chi connectivity index (χ0v) is 12.0. The van der Waals surface area contributed by atoms with Gasteiger partial charge in [0, 0.05) is 18.8 Å². The van der Waals surface area contributed by atoms with Gasteiger partial charge in [0.05, 0.1) is 16.6 Å². The summed E-state index contributed by atoms with van der Waals surface area (Å²) in [6, 6.07) is 1.60. The molecule has 1 N–H and O–H groups in total. The second-order valence-corrected chi connectivity index (χ2v) is 4.33. The second kappa shape index (κ2) is 7.26. The van der Waals surface area contributed by atoms with Gasteiger partial charge in [-0.25, -0.2) is 0 Å². The van der Waals surface area contributed by atoms with Gasteiger partial charge in [-0.1, -0.05) is 0 Å². The van der Waals surface area contributed by atoms with E-state index in [1.165, 1.54) is 0 Å². The standard InChI is InChI=1S/C12H12N2O9/c1-6(15)22-11-3-8(10(17)5-13(18)19)9(14(20)21)4-12(11)23-7(2)16/h3-4,10,17H,5H2,1-2H3. The summed E-state index contributed by atoms with van der Waals surface area (Å²) in [5.41, 5.74) is -1.16. The van der Waals surface area contributed by atoms with Crippen LogP contribution in [0.3, 0.4) is 0 Å². The van der Waals surface area contributed by atoms with Crippen molar-refractivity contribution in [1.82, 2.24) is 0 Å². The molecule has 0 radical (unpaired) electrons. The zero-order valence-electron chi connectivity index (χ0n) is 12.0. The van der Waals surface area contributed by atoms with E-state index in [-0.39, 0.29) is 5.75 Å². The Morgan fingerprint density at radius 3 is 2.00 bits per heavy atom. The molecular formula is C12H12N2O9. The minimum atomic E-state index is -1.81. The molecule has 23 heavy (non-hydrogen) atoms. The molecule has 1 rings (SSSR count). The predicted octanol–water partition coefficient (Wildman–Crippen LogP) is 0.755. The molecule has 1 unspecified atom stereocenters. The lowest BCUT2D eigenvalue weighted by Crippen LogP contribution is -2.15. The van der Waals surface area contributed by atoms with Crippen LogP contribution in [0.4, 0.5) is 5.69 Å². The minimum Gasteiger partial charge on any atom is -0.423 e. The molecule has 1 atom stereocenters. The smallest absolute Gasteiger partial charge is 0.308 e. The quantitative estimate of drug-likeness (QED) is 0.344. The van der Waals surface area contributed by atoms with Crippen LogP contribution >= 0.6 is 0 Å². The van der Waals surface area contributed by atoms with Crippen molar-refractivity contribution in [2.75, 3.05) is 6.54 Å². The van der Waals surface area contributed by atoms with Crippen LogP contribution in [0.25, 0.3) is 0 Å². The fourth-order valence-electron chi connectivity index (χ4n) is 1.70. The van der Waals surface area contributed by atoms with Gasteiger partial charge in [0.1, 0.15) is 0 Å². The summed E-state index contributed by atoms with van der Waals surface area (Å²) in [6.07, 6.45) is -1.81. The summed E-state index contributed by atoms with van der Waals surface area (Å²) >= 11 is 0. The summed E-state index contributed by atoms with van der Waals surface area (Å²) in [5, 5.41) is 31.3. The third kappa shape index (κ3) is 5.00. The topological polar surface area (TPSA) is 159 Å². The predicted molar refractivity (Wildman–Crippen MR) is 72.5 cm³/mol. The average molecular weight is 328 g/mol. The van der Waals surface area contributed by atoms with Crippen LogP contribution in [0.5, 0.6) is 11.5 Å². The number of aliphatic hydroxyl groups excluding tert-OH is 1. The van der Waals surface area contributed by atoms with Gasteiger partial charge in [0.2, 0.25) is 6.54 Å². The van der Waals surface area contributed by atoms with E-state index in [2.05, 4.69) is 0 Å². The summed E-state index contributed by atoms with van der Waals surface area (Å²) in [6.45, 7) is 1.07. The maximum absolute atomic E-state index is 11.1. The van der Waals surface area contributed by atoms with E-state index in [1.807, 2.05) is 0 Å². The summed E-state index contributed by atoms with van der Waals surface area (Å²) in [5.74, 6) is -2.44. The van der Waals surface area contributed by atoms with Crippen LogP contribution in [-0.4, -0.2) is 33.4 Å². The highest BCUT2D eigenvalue weighted by Crippen LogP contribution is 2.38. The monoisotopic (exact) mass is 328 g/mol. The highest BCUT2D eigenvalue weighted by Gasteiger charge is 2.28. The maximum atomic E-state index is 11.1. The highest BCUT2D eigenvalue weighted by molar-refractivity contribution is 5.74. The first-order chi connectivity index (χ1) is 10.6. The number of aliphatic hydroxyl groups is 1. The number of rotatable bonds is 6. The van der Waals surface area contributed by atoms with E-state index in [9.17, 15) is 34.9 Å². The molecule has 1 aromatic rings. The number of carbonyl (C=O) groups is 2. The van der Waals surface area contributed by atoms with E-state index in [0.717, 1.165) is 26.0 Å². The third-order valence-electron chi connectivity index (χ3n) is 2.48. The van der Waals surface area contributed by atoms with Gasteiger partial charge >= 0.3 is 11.9 Å². The molecule has 0 amide bonds. The van der Waals surface area contributed by atoms with E-state index in [0.29, 0.717) is 0 Å². The Labute approximate surface area is 128 Å². The van der Waals surface area contributed by atoms with Crippen molar-refractivity contribution in [3.8, 4) is 11.5 Å². The summed E-state index contributed by atoms with van der Waals surface area (Å²) < 4.78 is 9.47. The average Bonchev–Trinajstić information content (AvgIpc) is 2.37. The second-order valence-electron chi connectivity index (χ2n) is 4.33. The first kappa shape index (κ1) is 18.0. The highest BCUT2D eigenvalue weighted by atomic mass is 16.6. The molecule has 11 nitrogen and oxygen atoms in total. The zero-order chi connectivity index (χ0) is 17.7. The Balaban J connectivity index is 3.48. The first-order valence-electron chi connectivity index (χ1n) is 6.10. The van der Waals surface area contributed by atoms with E-state index >= 15 is 0 Å². The number of hydrogen-bond acceptors (Lipinski definition) is 9. The molecule has 0 fully saturated rings. The van der Waals surface area contributed by atoms with Crippen LogP contribution in [0.2, 0.25) is 0 Å². The van der Waals surface area contributed by atoms with Crippen LogP contribution in [0, 0.1) is 20.2 Å². The number of nitro groups is 2. The van der Waals surface area contributed by atoms with Gasteiger partial charge in [-0.05, 0) is 6.07 Å². The van der Waals surface area contributed by atoms with Crippen LogP contribution in [0.1, 0.15) is 25.5 Å². The Morgan fingerprint density at radius 2 is 1.61 bits per heavy atom. The number of nitro benzene ring substituents is 1. The first-order valence-corrected chi connectivity index (χ1v) is 6.10. The number of carbonyl (C=O) groups excluding carboxylic acids is 2. The van der Waals surface area contributed by atoms with Gasteiger partial charge < -0.3 is 14.6 Å². The Bertz CT molecular complexity index is 671. The number of esters is 2. The number of hydrogen-bond donors (Lipinski definition) is 1. The molecule has 0 saturated carbocycles. The Hall–Kier alpha value is -3.08. The van der Waals surface area contributed by atoms with Gasteiger partial charge in [-0.2, -0.15) is 0 Å². The Kier molecular flexibility index (Phi) is 5.68. The molecule has 0 heterocycles. The Morgan fingerprint density at radius 1 is 1.13 bits per heavy atom. The normalized spacial score (nSPS) is 11.4. The van der Waals surface area contributed by atoms with E-state index in [4.69, 9.17) is 9.47 Å². The fraction of sp³-hybridized carbons (Fsp3) is 0.333. The molecule has 0 aliphatic carbocycles. The molecule has 11 heteroatoms. The third-order valence-corrected chi connectivity index (χ3v) is 2.48. The maximum Gasteiger partial charge on any atom is 0.308 e. The van der Waals surface area contributed by atoms with Gasteiger partial charge in [0.15, 0.2) is 17.6 Å². The van der Waals surface area contributed by atoms with Crippen molar-refractivity contribution < 1.29 is 34.0 Å². The molecule has 1 aromatic carbocycles.